The van der Waals surface area contributed by atoms with Gasteiger partial charge < -0.3 is 14.2 Å². The second-order valence-electron chi connectivity index (χ2n) is 7.23. The molecule has 3 aromatic carbocycles. The highest BCUT2D eigenvalue weighted by atomic mass is 16.6. The largest absolute Gasteiger partial charge is 0.497 e. The molecule has 30 heavy (non-hydrogen) atoms. The van der Waals surface area contributed by atoms with Gasteiger partial charge in [-0.25, -0.2) is 4.98 Å². The predicted molar refractivity (Wildman–Crippen MR) is 118 cm³/mol. The maximum absolute atomic E-state index is 5.71. The summed E-state index contributed by atoms with van der Waals surface area (Å²) in [7, 11) is 1.67. The number of ether oxygens (including phenoxy) is 3. The van der Waals surface area contributed by atoms with Gasteiger partial charge in [0.15, 0.2) is 11.5 Å². The van der Waals surface area contributed by atoms with E-state index in [0.29, 0.717) is 13.2 Å². The van der Waals surface area contributed by atoms with Gasteiger partial charge in [-0.05, 0) is 72.2 Å². The minimum absolute atomic E-state index is 0.566. The molecule has 0 bridgehead atoms. The summed E-state index contributed by atoms with van der Waals surface area (Å²) in [5, 5.41) is 0. The zero-order valence-electron chi connectivity index (χ0n) is 17.0. The van der Waals surface area contributed by atoms with Gasteiger partial charge in [0.1, 0.15) is 24.8 Å². The molecule has 0 saturated carbocycles. The van der Waals surface area contributed by atoms with Crippen molar-refractivity contribution in [3.8, 4) is 22.9 Å². The number of imidazole rings is 1. The van der Waals surface area contributed by atoms with Gasteiger partial charge in [0.25, 0.3) is 0 Å². The summed E-state index contributed by atoms with van der Waals surface area (Å²) < 4.78 is 18.7. The first-order chi connectivity index (χ1) is 14.6. The molecule has 2 heterocycles. The van der Waals surface area contributed by atoms with Gasteiger partial charge in [-0.3, -0.25) is 4.57 Å². The molecule has 150 valence electrons. The average Bonchev–Trinajstić information content (AvgIpc) is 3.13. The molecule has 1 aliphatic rings. The first-order valence-corrected chi connectivity index (χ1v) is 9.87. The molecule has 5 nitrogen and oxygen atoms in total. The van der Waals surface area contributed by atoms with Crippen molar-refractivity contribution in [3.05, 3.63) is 84.2 Å². The van der Waals surface area contributed by atoms with Crippen molar-refractivity contribution >= 4 is 16.6 Å². The predicted octanol–water partition coefficient (Wildman–Crippen LogP) is 5.18. The fraction of sp³-hybridized carbons (Fsp3) is 0.160. The summed E-state index contributed by atoms with van der Waals surface area (Å²) in [4.78, 5) is 4.78. The second-order valence-corrected chi connectivity index (χ2v) is 7.23. The Labute approximate surface area is 175 Å². The molecule has 1 aromatic heterocycles. The number of aromatic nitrogens is 2. The van der Waals surface area contributed by atoms with Crippen molar-refractivity contribution < 1.29 is 14.2 Å². The minimum atomic E-state index is 0.566. The summed E-state index contributed by atoms with van der Waals surface area (Å²) in [5.74, 6) is 3.30. The third kappa shape index (κ3) is 3.08. The quantitative estimate of drug-likeness (QED) is 0.475. The Morgan fingerprint density at radius 1 is 0.933 bits per heavy atom. The number of hydrogen-bond donors (Lipinski definition) is 0. The van der Waals surface area contributed by atoms with E-state index in [4.69, 9.17) is 19.2 Å². The van der Waals surface area contributed by atoms with E-state index in [1.54, 1.807) is 7.11 Å². The van der Waals surface area contributed by atoms with Crippen molar-refractivity contribution in [1.82, 2.24) is 9.55 Å². The molecule has 0 aliphatic carbocycles. The van der Waals surface area contributed by atoms with Crippen molar-refractivity contribution in [2.45, 2.75) is 6.92 Å². The van der Waals surface area contributed by atoms with E-state index < -0.39 is 0 Å². The number of methoxy groups -OCH3 is 1. The van der Waals surface area contributed by atoms with E-state index >= 15 is 0 Å². The maximum atomic E-state index is 5.71. The van der Waals surface area contributed by atoms with Crippen LogP contribution in [0.1, 0.15) is 17.0 Å². The molecule has 0 unspecified atom stereocenters. The number of aryl methyl sites for hydroxylation is 1. The van der Waals surface area contributed by atoms with Crippen molar-refractivity contribution in [3.63, 3.8) is 0 Å². The second kappa shape index (κ2) is 7.26. The zero-order valence-corrected chi connectivity index (χ0v) is 17.0. The van der Waals surface area contributed by atoms with Crippen LogP contribution in [0, 0.1) is 6.92 Å². The van der Waals surface area contributed by atoms with Crippen LogP contribution in [0.3, 0.4) is 0 Å². The van der Waals surface area contributed by atoms with Crippen LogP contribution in [-0.2, 0) is 0 Å². The Kier molecular flexibility index (Phi) is 4.43. The molecule has 5 rings (SSSR count). The number of benzene rings is 3. The van der Waals surface area contributed by atoms with E-state index in [-0.39, 0.29) is 0 Å². The molecule has 0 radical (unpaired) electrons. The van der Waals surface area contributed by atoms with Gasteiger partial charge in [-0.2, -0.15) is 0 Å². The summed E-state index contributed by atoms with van der Waals surface area (Å²) in [6.45, 7) is 7.48. The minimum Gasteiger partial charge on any atom is -0.497 e. The molecule has 0 saturated heterocycles. The zero-order chi connectivity index (χ0) is 20.7. The van der Waals surface area contributed by atoms with Crippen LogP contribution >= 0.6 is 0 Å². The topological polar surface area (TPSA) is 45.5 Å². The van der Waals surface area contributed by atoms with Crippen LogP contribution in [-0.4, -0.2) is 29.9 Å². The molecule has 0 atom stereocenters. The summed E-state index contributed by atoms with van der Waals surface area (Å²) >= 11 is 0. The van der Waals surface area contributed by atoms with Gasteiger partial charge in [0.2, 0.25) is 0 Å². The number of rotatable bonds is 4. The molecule has 4 aromatic rings. The lowest BCUT2D eigenvalue weighted by Gasteiger charge is -2.19. The summed E-state index contributed by atoms with van der Waals surface area (Å²) in [6, 6.07) is 20.2. The molecule has 0 amide bonds. The Morgan fingerprint density at radius 3 is 2.40 bits per heavy atom. The van der Waals surface area contributed by atoms with Crippen LogP contribution in [0.4, 0.5) is 0 Å². The summed E-state index contributed by atoms with van der Waals surface area (Å²) in [5.41, 5.74) is 5.99. The molecule has 0 spiro atoms. The van der Waals surface area contributed by atoms with Crippen molar-refractivity contribution in [2.24, 2.45) is 0 Å². The number of nitrogens with zero attached hydrogens (tertiary/aromatic N) is 2. The van der Waals surface area contributed by atoms with E-state index in [1.807, 2.05) is 49.4 Å². The maximum Gasteiger partial charge on any atom is 0.161 e. The van der Waals surface area contributed by atoms with Gasteiger partial charge >= 0.3 is 0 Å². The molecule has 5 heteroatoms. The highest BCUT2D eigenvalue weighted by molar-refractivity contribution is 5.87. The molecular formula is C25H22N2O3. The summed E-state index contributed by atoms with van der Waals surface area (Å²) in [6.07, 6.45) is 0. The molecular weight excluding hydrogens is 376 g/mol. The number of fused-ring (bicyclic) bond motifs is 2. The van der Waals surface area contributed by atoms with Crippen LogP contribution in [0.25, 0.3) is 22.3 Å². The molecule has 0 N–H and O–H groups in total. The van der Waals surface area contributed by atoms with Gasteiger partial charge in [-0.1, -0.05) is 18.7 Å². The smallest absolute Gasteiger partial charge is 0.161 e. The van der Waals surface area contributed by atoms with Crippen molar-refractivity contribution in [2.75, 3.05) is 20.3 Å². The molecule has 0 fully saturated rings. The fourth-order valence-electron chi connectivity index (χ4n) is 3.84. The third-order valence-corrected chi connectivity index (χ3v) is 5.39. The highest BCUT2D eigenvalue weighted by Crippen LogP contribution is 2.35. The van der Waals surface area contributed by atoms with Crippen LogP contribution in [0.15, 0.2) is 67.2 Å². The van der Waals surface area contributed by atoms with Gasteiger partial charge in [-0.15, -0.1) is 0 Å². The molecule has 1 aliphatic heterocycles. The van der Waals surface area contributed by atoms with E-state index in [0.717, 1.165) is 56.5 Å². The van der Waals surface area contributed by atoms with Gasteiger partial charge in [0.05, 0.1) is 18.1 Å². The SMILES string of the molecule is C=C(c1ccc2c(c1)OCCO2)c1ccc2c(c1)nc(C)n2-c1ccc(OC)cc1. The third-order valence-electron chi connectivity index (χ3n) is 5.39. The number of hydrogen-bond acceptors (Lipinski definition) is 4. The highest BCUT2D eigenvalue weighted by Gasteiger charge is 2.15. The monoisotopic (exact) mass is 398 g/mol. The van der Waals surface area contributed by atoms with Crippen LogP contribution < -0.4 is 14.2 Å². The first-order valence-electron chi connectivity index (χ1n) is 9.87. The fourth-order valence-corrected chi connectivity index (χ4v) is 3.84. The Balaban J connectivity index is 1.52. The van der Waals surface area contributed by atoms with E-state index in [2.05, 4.69) is 29.3 Å². The van der Waals surface area contributed by atoms with E-state index in [9.17, 15) is 0 Å². The van der Waals surface area contributed by atoms with Crippen LogP contribution in [0.2, 0.25) is 0 Å². The van der Waals surface area contributed by atoms with Gasteiger partial charge in [0, 0.05) is 5.69 Å². The standard InChI is InChI=1S/C25H22N2O3/c1-16(19-5-11-24-25(15-19)30-13-12-29-24)18-4-10-23-22(14-18)26-17(2)27(23)20-6-8-21(28-3)9-7-20/h4-11,14-15H,1,12-13H2,2-3H3. The lowest BCUT2D eigenvalue weighted by atomic mass is 9.98. The van der Waals surface area contributed by atoms with Crippen LogP contribution in [0.5, 0.6) is 17.2 Å². The first kappa shape index (κ1) is 18.3. The normalized spacial score (nSPS) is 12.7. The average molecular weight is 398 g/mol. The Morgan fingerprint density at radius 2 is 1.63 bits per heavy atom. The lowest BCUT2D eigenvalue weighted by Crippen LogP contribution is -2.15. The Hall–Kier alpha value is -3.73. The lowest BCUT2D eigenvalue weighted by molar-refractivity contribution is 0.171. The Bertz CT molecular complexity index is 1260. The van der Waals surface area contributed by atoms with E-state index in [1.165, 1.54) is 0 Å². The van der Waals surface area contributed by atoms with Crippen molar-refractivity contribution in [1.29, 1.82) is 0 Å².